The molecule has 2 N–H and O–H groups in total. The van der Waals surface area contributed by atoms with Gasteiger partial charge >= 0.3 is 0 Å². The van der Waals surface area contributed by atoms with E-state index in [2.05, 4.69) is 21.4 Å². The number of carbonyl (C=O) groups is 1. The van der Waals surface area contributed by atoms with E-state index in [4.69, 9.17) is 4.42 Å². The summed E-state index contributed by atoms with van der Waals surface area (Å²) in [5.74, 6) is 0.190. The molecule has 170 valence electrons. The van der Waals surface area contributed by atoms with E-state index >= 15 is 0 Å². The molecule has 0 spiro atoms. The lowest BCUT2D eigenvalue weighted by Crippen LogP contribution is -2.19. The third-order valence-electron chi connectivity index (χ3n) is 5.63. The predicted octanol–water partition coefficient (Wildman–Crippen LogP) is 5.29. The van der Waals surface area contributed by atoms with Gasteiger partial charge in [0.25, 0.3) is 5.56 Å². The number of nitriles is 1. The van der Waals surface area contributed by atoms with Crippen LogP contribution in [-0.2, 0) is 11.2 Å². The number of nitrogens with one attached hydrogen (secondary N) is 2. The molecule has 0 saturated carbocycles. The molecule has 2 heterocycles. The normalized spacial score (nSPS) is 10.7. The Labute approximate surface area is 200 Å². The SMILES string of the molecule is N#Cc1c(NC(=O)CCc2nc3ccccc3[nH]c2=O)oc(-c2ccccc2)c1-c1ccccc1. The van der Waals surface area contributed by atoms with E-state index in [9.17, 15) is 14.9 Å². The minimum Gasteiger partial charge on any atom is -0.438 e. The lowest BCUT2D eigenvalue weighted by molar-refractivity contribution is -0.116. The van der Waals surface area contributed by atoms with E-state index in [0.717, 1.165) is 11.1 Å². The molecule has 0 atom stereocenters. The van der Waals surface area contributed by atoms with Crippen molar-refractivity contribution in [2.45, 2.75) is 12.8 Å². The summed E-state index contributed by atoms with van der Waals surface area (Å²) in [6, 6.07) is 28.3. The van der Waals surface area contributed by atoms with Gasteiger partial charge in [-0.15, -0.1) is 0 Å². The Morgan fingerprint density at radius 2 is 1.60 bits per heavy atom. The van der Waals surface area contributed by atoms with Crippen molar-refractivity contribution in [2.24, 2.45) is 0 Å². The topological polar surface area (TPSA) is 112 Å². The van der Waals surface area contributed by atoms with Crippen LogP contribution in [-0.4, -0.2) is 15.9 Å². The first kappa shape index (κ1) is 21.9. The largest absolute Gasteiger partial charge is 0.438 e. The van der Waals surface area contributed by atoms with Crippen molar-refractivity contribution in [3.8, 4) is 28.5 Å². The number of para-hydroxylation sites is 2. The van der Waals surface area contributed by atoms with E-state index < -0.39 is 0 Å². The number of aryl methyl sites for hydroxylation is 1. The highest BCUT2D eigenvalue weighted by molar-refractivity contribution is 5.95. The summed E-state index contributed by atoms with van der Waals surface area (Å²) < 4.78 is 6.04. The van der Waals surface area contributed by atoms with E-state index in [0.29, 0.717) is 22.4 Å². The molecule has 7 heteroatoms. The Bertz CT molecular complexity index is 1610. The van der Waals surface area contributed by atoms with Crippen LogP contribution in [0.2, 0.25) is 0 Å². The highest BCUT2D eigenvalue weighted by Crippen LogP contribution is 2.41. The van der Waals surface area contributed by atoms with Gasteiger partial charge in [0.2, 0.25) is 11.8 Å². The van der Waals surface area contributed by atoms with E-state index in [1.165, 1.54) is 0 Å². The van der Waals surface area contributed by atoms with E-state index in [1.807, 2.05) is 72.8 Å². The molecule has 1 amide bonds. The minimum absolute atomic E-state index is 0.00132. The Hall–Kier alpha value is -4.96. The Morgan fingerprint density at radius 3 is 2.31 bits per heavy atom. The summed E-state index contributed by atoms with van der Waals surface area (Å²) in [4.78, 5) is 32.3. The maximum absolute atomic E-state index is 12.8. The standard InChI is InChI=1S/C28H20N4O3/c29-17-20-25(18-9-3-1-4-10-18)26(19-11-5-2-6-12-19)35-28(20)32-24(33)16-15-23-27(34)31-22-14-8-7-13-21(22)30-23/h1-14H,15-16H2,(H,31,34)(H,32,33). The second-order valence-corrected chi connectivity index (χ2v) is 7.93. The Balaban J connectivity index is 1.44. The van der Waals surface area contributed by atoms with Crippen molar-refractivity contribution < 1.29 is 9.21 Å². The zero-order valence-electron chi connectivity index (χ0n) is 18.6. The molecule has 35 heavy (non-hydrogen) atoms. The van der Waals surface area contributed by atoms with Gasteiger partial charge in [0.15, 0.2) is 0 Å². The summed E-state index contributed by atoms with van der Waals surface area (Å²) in [6.07, 6.45) is 0.146. The number of carbonyl (C=O) groups excluding carboxylic acids is 1. The molecule has 0 aliphatic rings. The Morgan fingerprint density at radius 1 is 0.943 bits per heavy atom. The number of aromatic nitrogens is 2. The quantitative estimate of drug-likeness (QED) is 0.357. The molecule has 0 radical (unpaired) electrons. The van der Waals surface area contributed by atoms with Crippen LogP contribution in [0.3, 0.4) is 0 Å². The predicted molar refractivity (Wildman–Crippen MR) is 134 cm³/mol. The fraction of sp³-hybridized carbons (Fsp3) is 0.0714. The highest BCUT2D eigenvalue weighted by Gasteiger charge is 2.24. The average molecular weight is 460 g/mol. The van der Waals surface area contributed by atoms with Gasteiger partial charge < -0.3 is 9.40 Å². The number of anilines is 1. The summed E-state index contributed by atoms with van der Waals surface area (Å²) in [5.41, 5.74) is 3.68. The van der Waals surface area contributed by atoms with Gasteiger partial charge in [0.05, 0.1) is 11.0 Å². The molecule has 5 rings (SSSR count). The molecule has 0 saturated heterocycles. The van der Waals surface area contributed by atoms with Crippen LogP contribution in [0.15, 0.2) is 94.1 Å². The molecule has 0 fully saturated rings. The molecule has 0 aliphatic heterocycles. The van der Waals surface area contributed by atoms with Crippen molar-refractivity contribution in [1.29, 1.82) is 5.26 Å². The smallest absolute Gasteiger partial charge is 0.270 e. The van der Waals surface area contributed by atoms with Crippen LogP contribution in [0.1, 0.15) is 17.7 Å². The Kier molecular flexibility index (Phi) is 5.93. The maximum atomic E-state index is 12.8. The minimum atomic E-state index is -0.385. The fourth-order valence-corrected chi connectivity index (χ4v) is 3.96. The molecule has 5 aromatic rings. The lowest BCUT2D eigenvalue weighted by atomic mass is 9.98. The fourth-order valence-electron chi connectivity index (χ4n) is 3.96. The van der Waals surface area contributed by atoms with Crippen molar-refractivity contribution in [2.75, 3.05) is 5.32 Å². The van der Waals surface area contributed by atoms with Gasteiger partial charge in [0.1, 0.15) is 23.1 Å². The lowest BCUT2D eigenvalue weighted by Gasteiger charge is -2.04. The first-order chi connectivity index (χ1) is 17.1. The van der Waals surface area contributed by atoms with Gasteiger partial charge in [-0.2, -0.15) is 5.26 Å². The van der Waals surface area contributed by atoms with Crippen LogP contribution in [0, 0.1) is 11.3 Å². The van der Waals surface area contributed by atoms with Crippen molar-refractivity contribution in [3.05, 3.63) is 107 Å². The third-order valence-corrected chi connectivity index (χ3v) is 5.63. The van der Waals surface area contributed by atoms with Crippen molar-refractivity contribution >= 4 is 22.8 Å². The van der Waals surface area contributed by atoms with Crippen LogP contribution in [0.4, 0.5) is 5.88 Å². The van der Waals surface area contributed by atoms with Crippen LogP contribution in [0.25, 0.3) is 33.5 Å². The second kappa shape index (κ2) is 9.49. The molecule has 3 aromatic carbocycles. The molecule has 0 bridgehead atoms. The number of fused-ring (bicyclic) bond motifs is 1. The molecule has 7 nitrogen and oxygen atoms in total. The van der Waals surface area contributed by atoms with Crippen LogP contribution < -0.4 is 10.9 Å². The van der Waals surface area contributed by atoms with Gasteiger partial charge in [-0.05, 0) is 17.7 Å². The van der Waals surface area contributed by atoms with Crippen LogP contribution >= 0.6 is 0 Å². The zero-order chi connectivity index (χ0) is 24.2. The van der Waals surface area contributed by atoms with Crippen LogP contribution in [0.5, 0.6) is 0 Å². The van der Waals surface area contributed by atoms with Gasteiger partial charge in [-0.25, -0.2) is 4.98 Å². The molecular weight excluding hydrogens is 440 g/mol. The first-order valence-electron chi connectivity index (χ1n) is 11.1. The van der Waals surface area contributed by atoms with Crippen molar-refractivity contribution in [1.82, 2.24) is 9.97 Å². The maximum Gasteiger partial charge on any atom is 0.270 e. The molecule has 0 aliphatic carbocycles. The van der Waals surface area contributed by atoms with E-state index in [-0.39, 0.29) is 41.4 Å². The average Bonchev–Trinajstić information content (AvgIpc) is 3.26. The number of nitrogens with zero attached hydrogens (tertiary/aromatic N) is 2. The number of furan rings is 1. The number of rotatable bonds is 6. The monoisotopic (exact) mass is 460 g/mol. The first-order valence-corrected chi connectivity index (χ1v) is 11.1. The number of amides is 1. The highest BCUT2D eigenvalue weighted by atomic mass is 16.4. The van der Waals surface area contributed by atoms with E-state index in [1.54, 1.807) is 12.1 Å². The summed E-state index contributed by atoms with van der Waals surface area (Å²) in [7, 11) is 0. The molecular formula is C28H20N4O3. The zero-order valence-corrected chi connectivity index (χ0v) is 18.6. The van der Waals surface area contributed by atoms with Crippen molar-refractivity contribution in [3.63, 3.8) is 0 Å². The second-order valence-electron chi connectivity index (χ2n) is 7.93. The number of aromatic amines is 1. The molecule has 2 aromatic heterocycles. The summed E-state index contributed by atoms with van der Waals surface area (Å²) in [5, 5.41) is 12.7. The van der Waals surface area contributed by atoms with Gasteiger partial charge in [0, 0.05) is 24.0 Å². The molecule has 0 unspecified atom stereocenters. The number of H-pyrrole nitrogens is 1. The number of benzene rings is 3. The summed E-state index contributed by atoms with van der Waals surface area (Å²) >= 11 is 0. The van der Waals surface area contributed by atoms with Gasteiger partial charge in [-0.1, -0.05) is 72.8 Å². The number of hydrogen-bond donors (Lipinski definition) is 2. The summed E-state index contributed by atoms with van der Waals surface area (Å²) in [6.45, 7) is 0. The third kappa shape index (κ3) is 4.45. The van der Waals surface area contributed by atoms with Gasteiger partial charge in [-0.3, -0.25) is 14.9 Å². The number of hydrogen-bond acceptors (Lipinski definition) is 5.